The first kappa shape index (κ1) is 19.3. The predicted octanol–water partition coefficient (Wildman–Crippen LogP) is 3.14. The fourth-order valence-electron chi connectivity index (χ4n) is 4.36. The highest BCUT2D eigenvalue weighted by atomic mass is 16.5. The number of aromatic nitrogens is 1. The number of carbonyl (C=O) groups excluding carboxylic acids is 1. The highest BCUT2D eigenvalue weighted by Crippen LogP contribution is 2.32. The van der Waals surface area contributed by atoms with Crippen LogP contribution in [-0.2, 0) is 24.3 Å². The molecule has 1 aromatic carbocycles. The number of pyridine rings is 1. The first-order valence-corrected chi connectivity index (χ1v) is 10.0. The summed E-state index contributed by atoms with van der Waals surface area (Å²) in [6.07, 6.45) is 0.902. The van der Waals surface area contributed by atoms with Gasteiger partial charge in [-0.25, -0.2) is 0 Å². The molecule has 0 N–H and O–H groups in total. The first-order valence-electron chi connectivity index (χ1n) is 10.0. The molecule has 6 heteroatoms. The summed E-state index contributed by atoms with van der Waals surface area (Å²) in [7, 11) is 1.62. The molecule has 3 heterocycles. The lowest BCUT2D eigenvalue weighted by Gasteiger charge is -2.41. The van der Waals surface area contributed by atoms with Gasteiger partial charge in [-0.05, 0) is 49.2 Å². The van der Waals surface area contributed by atoms with Crippen LogP contribution < -0.4 is 9.64 Å². The summed E-state index contributed by atoms with van der Waals surface area (Å²) in [6.45, 7) is 7.13. The molecule has 150 valence electrons. The Kier molecular flexibility index (Phi) is 5.14. The highest BCUT2D eigenvalue weighted by Gasteiger charge is 2.33. The third-order valence-corrected chi connectivity index (χ3v) is 5.92. The van der Waals surface area contributed by atoms with Gasteiger partial charge in [0.25, 0.3) is 0 Å². The second-order valence-corrected chi connectivity index (χ2v) is 8.06. The molecule has 1 aromatic heterocycles. The molecule has 0 radical (unpaired) electrons. The number of hydrogen-bond donors (Lipinski definition) is 0. The van der Waals surface area contributed by atoms with Gasteiger partial charge in [-0.15, -0.1) is 0 Å². The maximum atomic E-state index is 12.8. The van der Waals surface area contributed by atoms with E-state index in [0.717, 1.165) is 41.5 Å². The van der Waals surface area contributed by atoms with Crippen molar-refractivity contribution in [1.82, 2.24) is 9.88 Å². The quantitative estimate of drug-likeness (QED) is 0.784. The number of hydrogen-bond acceptors (Lipinski definition) is 5. The van der Waals surface area contributed by atoms with Gasteiger partial charge in [-0.3, -0.25) is 9.78 Å². The molecular formula is C23H26N4O2. The van der Waals surface area contributed by atoms with Crippen LogP contribution in [0.5, 0.6) is 5.75 Å². The molecule has 0 aliphatic carbocycles. The smallest absolute Gasteiger partial charge is 0.223 e. The Balaban J connectivity index is 1.33. The number of anilines is 1. The minimum absolute atomic E-state index is 0.213. The number of nitrogens with zero attached hydrogens (tertiary/aromatic N) is 4. The maximum absolute atomic E-state index is 12.8. The number of aryl methyl sites for hydroxylation is 2. The van der Waals surface area contributed by atoms with Crippen molar-refractivity contribution in [2.45, 2.75) is 39.8 Å². The number of methoxy groups -OCH3 is 1. The van der Waals surface area contributed by atoms with Crippen molar-refractivity contribution in [2.24, 2.45) is 5.92 Å². The molecule has 0 bridgehead atoms. The minimum atomic E-state index is 0.213. The van der Waals surface area contributed by atoms with E-state index >= 15 is 0 Å². The highest BCUT2D eigenvalue weighted by molar-refractivity contribution is 5.77. The second kappa shape index (κ2) is 7.75. The lowest BCUT2D eigenvalue weighted by atomic mass is 9.94. The van der Waals surface area contributed by atoms with Crippen LogP contribution in [0, 0.1) is 31.1 Å². The lowest BCUT2D eigenvalue weighted by Crippen LogP contribution is -2.48. The van der Waals surface area contributed by atoms with E-state index in [1.165, 1.54) is 11.1 Å². The Morgan fingerprint density at radius 3 is 2.79 bits per heavy atom. The largest absolute Gasteiger partial charge is 0.496 e. The predicted molar refractivity (Wildman–Crippen MR) is 111 cm³/mol. The van der Waals surface area contributed by atoms with Crippen LogP contribution in [0.2, 0.25) is 0 Å². The van der Waals surface area contributed by atoms with E-state index in [-0.39, 0.29) is 5.91 Å². The SMILES string of the molecule is COc1ccc(N2CC(CC(=O)N3Cc4nc(C)cc(C)c4C3)C2)cc1CC#N. The molecule has 2 aliphatic heterocycles. The number of nitriles is 1. The lowest BCUT2D eigenvalue weighted by molar-refractivity contribution is -0.133. The minimum Gasteiger partial charge on any atom is -0.496 e. The van der Waals surface area contributed by atoms with Crippen molar-refractivity contribution in [2.75, 3.05) is 25.1 Å². The van der Waals surface area contributed by atoms with Gasteiger partial charge in [0.1, 0.15) is 5.75 Å². The van der Waals surface area contributed by atoms with Crippen molar-refractivity contribution in [3.63, 3.8) is 0 Å². The monoisotopic (exact) mass is 390 g/mol. The van der Waals surface area contributed by atoms with E-state index in [2.05, 4.69) is 28.9 Å². The summed E-state index contributed by atoms with van der Waals surface area (Å²) in [6, 6.07) is 10.2. The normalized spacial score (nSPS) is 15.7. The van der Waals surface area contributed by atoms with Gasteiger partial charge < -0.3 is 14.5 Å². The zero-order chi connectivity index (χ0) is 20.5. The standard InChI is InChI=1S/C23H26N4O2/c1-15-8-16(2)25-21-14-27(13-20(15)21)23(28)9-17-11-26(12-17)19-4-5-22(29-3)18(10-19)6-7-24/h4-5,8,10,17H,6,9,11-14H2,1-3H3. The van der Waals surface area contributed by atoms with Crippen molar-refractivity contribution >= 4 is 11.6 Å². The zero-order valence-electron chi connectivity index (χ0n) is 17.2. The molecule has 29 heavy (non-hydrogen) atoms. The van der Waals surface area contributed by atoms with Crippen molar-refractivity contribution < 1.29 is 9.53 Å². The van der Waals surface area contributed by atoms with Gasteiger partial charge in [0.15, 0.2) is 0 Å². The van der Waals surface area contributed by atoms with E-state index < -0.39 is 0 Å². The average molecular weight is 390 g/mol. The maximum Gasteiger partial charge on any atom is 0.223 e. The number of amides is 1. The Hall–Kier alpha value is -3.07. The summed E-state index contributed by atoms with van der Waals surface area (Å²) < 4.78 is 5.33. The van der Waals surface area contributed by atoms with Gasteiger partial charge in [-0.1, -0.05) is 0 Å². The Labute approximate surface area is 171 Å². The molecule has 1 saturated heterocycles. The topological polar surface area (TPSA) is 69.5 Å². The number of rotatable bonds is 5. The summed E-state index contributed by atoms with van der Waals surface area (Å²) in [5.74, 6) is 1.32. The molecule has 0 atom stereocenters. The van der Waals surface area contributed by atoms with Crippen LogP contribution in [0.3, 0.4) is 0 Å². The average Bonchev–Trinajstić information content (AvgIpc) is 3.09. The summed E-state index contributed by atoms with van der Waals surface area (Å²) in [5, 5.41) is 9.02. The third-order valence-electron chi connectivity index (χ3n) is 5.92. The second-order valence-electron chi connectivity index (χ2n) is 8.06. The molecule has 0 saturated carbocycles. The van der Waals surface area contributed by atoms with E-state index in [9.17, 15) is 4.79 Å². The van der Waals surface area contributed by atoms with Crippen LogP contribution in [0.4, 0.5) is 5.69 Å². The van der Waals surface area contributed by atoms with Crippen LogP contribution in [0.1, 0.15) is 34.5 Å². The molecule has 6 nitrogen and oxygen atoms in total. The van der Waals surface area contributed by atoms with Crippen LogP contribution >= 0.6 is 0 Å². The summed E-state index contributed by atoms with van der Waals surface area (Å²) in [4.78, 5) is 21.6. The van der Waals surface area contributed by atoms with E-state index in [1.54, 1.807) is 7.11 Å². The number of carbonyl (C=O) groups is 1. The van der Waals surface area contributed by atoms with E-state index in [4.69, 9.17) is 10.00 Å². The Morgan fingerprint density at radius 2 is 2.07 bits per heavy atom. The summed E-state index contributed by atoms with van der Waals surface area (Å²) >= 11 is 0. The first-order chi connectivity index (χ1) is 14.0. The van der Waals surface area contributed by atoms with Crippen molar-refractivity contribution in [1.29, 1.82) is 5.26 Å². The number of benzene rings is 1. The number of ether oxygens (including phenoxy) is 1. The van der Waals surface area contributed by atoms with E-state index in [1.807, 2.05) is 30.0 Å². The van der Waals surface area contributed by atoms with Crippen LogP contribution in [0.25, 0.3) is 0 Å². The Morgan fingerprint density at radius 1 is 1.28 bits per heavy atom. The van der Waals surface area contributed by atoms with Gasteiger partial charge in [0, 0.05) is 48.9 Å². The third kappa shape index (κ3) is 3.77. The van der Waals surface area contributed by atoms with Gasteiger partial charge in [-0.2, -0.15) is 5.26 Å². The molecule has 0 spiro atoms. The molecular weight excluding hydrogens is 364 g/mol. The van der Waals surface area contributed by atoms with Crippen molar-refractivity contribution in [3.05, 3.63) is 52.3 Å². The van der Waals surface area contributed by atoms with Crippen molar-refractivity contribution in [3.8, 4) is 11.8 Å². The molecule has 2 aromatic rings. The molecule has 1 fully saturated rings. The molecule has 4 rings (SSSR count). The fraction of sp³-hybridized carbons (Fsp3) is 0.435. The zero-order valence-corrected chi connectivity index (χ0v) is 17.2. The molecule has 0 unspecified atom stereocenters. The van der Waals surface area contributed by atoms with Crippen LogP contribution in [0.15, 0.2) is 24.3 Å². The van der Waals surface area contributed by atoms with Gasteiger partial charge in [0.2, 0.25) is 5.91 Å². The van der Waals surface area contributed by atoms with E-state index in [0.29, 0.717) is 31.8 Å². The van der Waals surface area contributed by atoms with Gasteiger partial charge >= 0.3 is 0 Å². The van der Waals surface area contributed by atoms with Crippen LogP contribution in [-0.4, -0.2) is 36.0 Å². The summed E-state index contributed by atoms with van der Waals surface area (Å²) in [5.41, 5.74) is 6.49. The Bertz CT molecular complexity index is 989. The molecule has 1 amide bonds. The molecule has 2 aliphatic rings. The fourth-order valence-corrected chi connectivity index (χ4v) is 4.36. The van der Waals surface area contributed by atoms with Gasteiger partial charge in [0.05, 0.1) is 31.8 Å². The number of fused-ring (bicyclic) bond motifs is 1.